The molecular formula is C21H20N2O6. The maximum Gasteiger partial charge on any atom is 0.308 e. The van der Waals surface area contributed by atoms with Crippen molar-refractivity contribution in [2.45, 2.75) is 33.9 Å². The first-order valence-electron chi connectivity index (χ1n) is 8.88. The Morgan fingerprint density at radius 2 is 1.66 bits per heavy atom. The molecule has 0 fully saturated rings. The predicted octanol–water partition coefficient (Wildman–Crippen LogP) is 3.08. The molecule has 8 heteroatoms. The second kappa shape index (κ2) is 8.14. The maximum atomic E-state index is 12.2. The van der Waals surface area contributed by atoms with E-state index in [1.54, 1.807) is 12.1 Å². The number of hydrogen-bond donors (Lipinski definition) is 0. The molecule has 0 saturated carbocycles. The van der Waals surface area contributed by atoms with Crippen LogP contribution < -0.4 is 9.47 Å². The Kier molecular flexibility index (Phi) is 5.63. The third kappa shape index (κ3) is 4.26. The van der Waals surface area contributed by atoms with Crippen LogP contribution in [-0.4, -0.2) is 28.8 Å². The summed E-state index contributed by atoms with van der Waals surface area (Å²) >= 11 is 0. The van der Waals surface area contributed by atoms with Gasteiger partial charge in [0.2, 0.25) is 18.0 Å². The highest BCUT2D eigenvalue weighted by Crippen LogP contribution is 2.41. The van der Waals surface area contributed by atoms with Gasteiger partial charge >= 0.3 is 11.9 Å². The average molecular weight is 396 g/mol. The number of ether oxygens (including phenoxy) is 3. The van der Waals surface area contributed by atoms with Crippen LogP contribution in [0.1, 0.15) is 43.7 Å². The van der Waals surface area contributed by atoms with Crippen molar-refractivity contribution >= 4 is 23.7 Å². The number of esters is 2. The van der Waals surface area contributed by atoms with E-state index in [2.05, 4.69) is 5.10 Å². The Hall–Kier alpha value is -3.68. The van der Waals surface area contributed by atoms with Crippen molar-refractivity contribution < 1.29 is 28.6 Å². The number of aryl methyl sites for hydroxylation is 1. The molecule has 3 rings (SSSR count). The first kappa shape index (κ1) is 20.1. The largest absolute Gasteiger partial charge is 0.446 e. The number of benzene rings is 2. The van der Waals surface area contributed by atoms with Gasteiger partial charge in [-0.05, 0) is 30.7 Å². The summed E-state index contributed by atoms with van der Waals surface area (Å²) in [6.45, 7) is 5.71. The Labute approximate surface area is 167 Å². The molecule has 0 N–H and O–H groups in total. The molecule has 0 spiro atoms. The normalized spacial score (nSPS) is 15.4. The van der Waals surface area contributed by atoms with E-state index >= 15 is 0 Å². The molecule has 0 aliphatic carbocycles. The van der Waals surface area contributed by atoms with Crippen LogP contribution in [0, 0.1) is 6.92 Å². The van der Waals surface area contributed by atoms with E-state index in [1.807, 2.05) is 31.2 Å². The number of para-hydroxylation sites is 1. The highest BCUT2D eigenvalue weighted by molar-refractivity contribution is 5.97. The Morgan fingerprint density at radius 3 is 2.28 bits per heavy atom. The minimum Gasteiger partial charge on any atom is -0.446 e. The molecule has 1 atom stereocenters. The van der Waals surface area contributed by atoms with Crippen LogP contribution in [0.3, 0.4) is 0 Å². The van der Waals surface area contributed by atoms with Gasteiger partial charge in [-0.25, -0.2) is 0 Å². The molecule has 0 aromatic heterocycles. The van der Waals surface area contributed by atoms with Crippen LogP contribution in [0.15, 0.2) is 47.6 Å². The standard InChI is InChI=1S/C21H20N2O6/c1-12-8-5-6-9-16(12)20-22-23(13(2)24)21(29-20)17-10-7-11-18(27-14(3)25)19(17)28-15(4)26/h5-11,21H,1-4H3/t21-/m1/s1. The van der Waals surface area contributed by atoms with Gasteiger partial charge in [-0.2, -0.15) is 5.01 Å². The van der Waals surface area contributed by atoms with Gasteiger partial charge in [0.15, 0.2) is 11.5 Å². The van der Waals surface area contributed by atoms with Crippen molar-refractivity contribution in [1.82, 2.24) is 5.01 Å². The highest BCUT2D eigenvalue weighted by atomic mass is 16.6. The molecular weight excluding hydrogens is 376 g/mol. The van der Waals surface area contributed by atoms with Crippen LogP contribution in [0.2, 0.25) is 0 Å². The minimum atomic E-state index is -0.994. The molecule has 1 aliphatic rings. The van der Waals surface area contributed by atoms with Crippen molar-refractivity contribution in [2.24, 2.45) is 5.10 Å². The number of amides is 1. The van der Waals surface area contributed by atoms with Gasteiger partial charge in [0.1, 0.15) is 0 Å². The number of hydrogen-bond acceptors (Lipinski definition) is 7. The predicted molar refractivity (Wildman–Crippen MR) is 103 cm³/mol. The SMILES string of the molecule is CC(=O)Oc1cccc([C@H]2OC(c3ccccc3C)=NN2C(C)=O)c1OC(C)=O. The number of nitrogens with zero attached hydrogens (tertiary/aromatic N) is 2. The zero-order chi connectivity index (χ0) is 21.1. The van der Waals surface area contributed by atoms with E-state index in [1.165, 1.54) is 26.8 Å². The van der Waals surface area contributed by atoms with Crippen molar-refractivity contribution in [3.8, 4) is 11.5 Å². The van der Waals surface area contributed by atoms with Crippen LogP contribution in [0.5, 0.6) is 11.5 Å². The Balaban J connectivity index is 2.07. The molecule has 8 nitrogen and oxygen atoms in total. The second-order valence-corrected chi connectivity index (χ2v) is 6.42. The lowest BCUT2D eigenvalue weighted by Gasteiger charge is -2.22. The lowest BCUT2D eigenvalue weighted by molar-refractivity contribution is -0.136. The molecule has 2 aromatic carbocycles. The Morgan fingerprint density at radius 1 is 0.966 bits per heavy atom. The third-order valence-corrected chi connectivity index (χ3v) is 4.12. The minimum absolute atomic E-state index is 0.00677. The molecule has 1 amide bonds. The third-order valence-electron chi connectivity index (χ3n) is 4.12. The molecule has 0 radical (unpaired) electrons. The summed E-state index contributed by atoms with van der Waals surface area (Å²) in [4.78, 5) is 35.3. The first-order chi connectivity index (χ1) is 13.8. The van der Waals surface area contributed by atoms with E-state index in [0.717, 1.165) is 16.1 Å². The van der Waals surface area contributed by atoms with E-state index in [-0.39, 0.29) is 23.3 Å². The fourth-order valence-corrected chi connectivity index (χ4v) is 2.91. The van der Waals surface area contributed by atoms with Crippen LogP contribution in [-0.2, 0) is 19.1 Å². The molecule has 29 heavy (non-hydrogen) atoms. The van der Waals surface area contributed by atoms with Gasteiger partial charge in [-0.1, -0.05) is 24.3 Å². The molecule has 0 bridgehead atoms. The molecule has 1 aliphatic heterocycles. The van der Waals surface area contributed by atoms with Gasteiger partial charge in [0.25, 0.3) is 0 Å². The zero-order valence-corrected chi connectivity index (χ0v) is 16.5. The van der Waals surface area contributed by atoms with E-state index < -0.39 is 18.2 Å². The highest BCUT2D eigenvalue weighted by Gasteiger charge is 2.36. The summed E-state index contributed by atoms with van der Waals surface area (Å²) in [7, 11) is 0. The zero-order valence-electron chi connectivity index (χ0n) is 16.5. The number of carbonyl (C=O) groups is 3. The van der Waals surface area contributed by atoms with Gasteiger partial charge in [-0.3, -0.25) is 14.4 Å². The van der Waals surface area contributed by atoms with Crippen molar-refractivity contribution in [3.63, 3.8) is 0 Å². The van der Waals surface area contributed by atoms with Gasteiger partial charge in [0.05, 0.1) is 5.56 Å². The van der Waals surface area contributed by atoms with Gasteiger partial charge in [-0.15, -0.1) is 5.10 Å². The first-order valence-corrected chi connectivity index (χ1v) is 8.88. The van der Waals surface area contributed by atoms with Gasteiger partial charge in [0, 0.05) is 26.3 Å². The van der Waals surface area contributed by atoms with Crippen LogP contribution in [0.4, 0.5) is 0 Å². The molecule has 2 aromatic rings. The summed E-state index contributed by atoms with van der Waals surface area (Å²) in [6.07, 6.45) is -0.994. The fourth-order valence-electron chi connectivity index (χ4n) is 2.91. The lowest BCUT2D eigenvalue weighted by Crippen LogP contribution is -2.26. The fraction of sp³-hybridized carbons (Fsp3) is 0.238. The summed E-state index contributed by atoms with van der Waals surface area (Å²) in [6, 6.07) is 12.2. The number of hydrazone groups is 1. The van der Waals surface area contributed by atoms with E-state index in [9.17, 15) is 14.4 Å². The van der Waals surface area contributed by atoms with E-state index in [0.29, 0.717) is 5.56 Å². The second-order valence-electron chi connectivity index (χ2n) is 6.42. The van der Waals surface area contributed by atoms with Crippen molar-refractivity contribution in [1.29, 1.82) is 0 Å². The summed E-state index contributed by atoms with van der Waals surface area (Å²) in [5.41, 5.74) is 1.97. The summed E-state index contributed by atoms with van der Waals surface area (Å²) < 4.78 is 16.5. The van der Waals surface area contributed by atoms with Crippen LogP contribution >= 0.6 is 0 Å². The molecule has 0 unspecified atom stereocenters. The summed E-state index contributed by atoms with van der Waals surface area (Å²) in [5.74, 6) is -1.27. The number of rotatable bonds is 4. The van der Waals surface area contributed by atoms with Gasteiger partial charge < -0.3 is 14.2 Å². The van der Waals surface area contributed by atoms with E-state index in [4.69, 9.17) is 14.2 Å². The topological polar surface area (TPSA) is 94.5 Å². The maximum absolute atomic E-state index is 12.2. The van der Waals surface area contributed by atoms with Crippen molar-refractivity contribution in [3.05, 3.63) is 59.2 Å². The monoisotopic (exact) mass is 396 g/mol. The number of carbonyl (C=O) groups excluding carboxylic acids is 3. The lowest BCUT2D eigenvalue weighted by atomic mass is 10.1. The molecule has 1 heterocycles. The van der Waals surface area contributed by atoms with Crippen molar-refractivity contribution in [2.75, 3.05) is 0 Å². The molecule has 150 valence electrons. The Bertz CT molecular complexity index is 1010. The smallest absolute Gasteiger partial charge is 0.308 e. The quantitative estimate of drug-likeness (QED) is 0.582. The summed E-state index contributed by atoms with van der Waals surface area (Å²) in [5, 5.41) is 5.47. The van der Waals surface area contributed by atoms with Crippen LogP contribution in [0.25, 0.3) is 0 Å². The average Bonchev–Trinajstić information content (AvgIpc) is 3.08. The molecule has 0 saturated heterocycles.